The Bertz CT molecular complexity index is 1510. The molecule has 3 aromatic carbocycles. The number of anilines is 1. The van der Waals surface area contributed by atoms with Crippen LogP contribution in [0.3, 0.4) is 0 Å². The number of nitrogens with zero attached hydrogens (tertiary/aromatic N) is 2. The SMILES string of the molecule is C[C@H](C(=O)NC1CCCCC1)N(Cc1ccc(Cl)cc1Cl)C(=O)CN(c1cc(Cl)cc(Cl)c1)S(=O)(=O)c1ccccc1. The van der Waals surface area contributed by atoms with Crippen molar-refractivity contribution in [3.05, 3.63) is 92.4 Å². The number of sulfonamides is 1. The highest BCUT2D eigenvalue weighted by atomic mass is 35.5. The monoisotopic (exact) mass is 669 g/mol. The zero-order valence-electron chi connectivity index (χ0n) is 22.9. The van der Waals surface area contributed by atoms with Crippen molar-refractivity contribution >= 4 is 73.9 Å². The lowest BCUT2D eigenvalue weighted by Gasteiger charge is -2.33. The Hall–Kier alpha value is -2.49. The molecule has 1 N–H and O–H groups in total. The summed E-state index contributed by atoms with van der Waals surface area (Å²) >= 11 is 25.0. The van der Waals surface area contributed by atoms with E-state index in [1.54, 1.807) is 43.3 Å². The molecule has 0 heterocycles. The van der Waals surface area contributed by atoms with Crippen molar-refractivity contribution in [1.82, 2.24) is 10.2 Å². The third-order valence-corrected chi connectivity index (χ3v) is 10.0. The number of amides is 2. The maximum atomic E-state index is 14.1. The van der Waals surface area contributed by atoms with Gasteiger partial charge in [-0.15, -0.1) is 0 Å². The molecular weight excluding hydrogens is 640 g/mol. The molecule has 224 valence electrons. The van der Waals surface area contributed by atoms with Crippen molar-refractivity contribution in [2.24, 2.45) is 0 Å². The second-order valence-corrected chi connectivity index (χ2v) is 13.8. The van der Waals surface area contributed by atoms with Crippen molar-refractivity contribution < 1.29 is 18.0 Å². The minimum absolute atomic E-state index is 0.0216. The largest absolute Gasteiger partial charge is 0.352 e. The highest BCUT2D eigenvalue weighted by Gasteiger charge is 2.33. The molecule has 7 nitrogen and oxygen atoms in total. The Morgan fingerprint density at radius 1 is 0.881 bits per heavy atom. The normalized spacial score (nSPS) is 14.7. The molecule has 1 aliphatic carbocycles. The highest BCUT2D eigenvalue weighted by Crippen LogP contribution is 2.31. The van der Waals surface area contributed by atoms with Crippen LogP contribution in [0.25, 0.3) is 0 Å². The first-order chi connectivity index (χ1) is 20.0. The molecule has 0 aromatic heterocycles. The van der Waals surface area contributed by atoms with Gasteiger partial charge < -0.3 is 10.2 Å². The van der Waals surface area contributed by atoms with E-state index >= 15 is 0 Å². The van der Waals surface area contributed by atoms with Crippen molar-refractivity contribution in [2.45, 2.75) is 62.6 Å². The van der Waals surface area contributed by atoms with Gasteiger partial charge in [0.05, 0.1) is 10.6 Å². The molecule has 0 saturated heterocycles. The van der Waals surface area contributed by atoms with Crippen LogP contribution >= 0.6 is 46.4 Å². The molecule has 42 heavy (non-hydrogen) atoms. The fraction of sp³-hybridized carbons (Fsp3) is 0.333. The van der Waals surface area contributed by atoms with Gasteiger partial charge in [0, 0.05) is 32.7 Å². The van der Waals surface area contributed by atoms with E-state index < -0.39 is 28.5 Å². The van der Waals surface area contributed by atoms with Crippen LogP contribution in [0, 0.1) is 0 Å². The summed E-state index contributed by atoms with van der Waals surface area (Å²) in [6.45, 7) is 0.940. The fourth-order valence-electron chi connectivity index (χ4n) is 4.92. The molecule has 0 spiro atoms. The topological polar surface area (TPSA) is 86.8 Å². The van der Waals surface area contributed by atoms with Gasteiger partial charge in [0.2, 0.25) is 11.8 Å². The smallest absolute Gasteiger partial charge is 0.264 e. The Labute approximate surface area is 266 Å². The highest BCUT2D eigenvalue weighted by molar-refractivity contribution is 7.92. The molecule has 1 fully saturated rings. The van der Waals surface area contributed by atoms with Gasteiger partial charge in [0.1, 0.15) is 12.6 Å². The molecule has 0 radical (unpaired) electrons. The number of hydrogen-bond donors (Lipinski definition) is 1. The van der Waals surface area contributed by atoms with E-state index in [-0.39, 0.29) is 39.1 Å². The van der Waals surface area contributed by atoms with Crippen molar-refractivity contribution in [2.75, 3.05) is 10.8 Å². The summed E-state index contributed by atoms with van der Waals surface area (Å²) in [4.78, 5) is 28.8. The molecule has 1 atom stereocenters. The number of nitrogens with one attached hydrogen (secondary N) is 1. The van der Waals surface area contributed by atoms with E-state index in [1.165, 1.54) is 35.2 Å². The van der Waals surface area contributed by atoms with Crippen molar-refractivity contribution in [3.63, 3.8) is 0 Å². The second kappa shape index (κ2) is 14.3. The number of benzene rings is 3. The van der Waals surface area contributed by atoms with E-state index in [0.29, 0.717) is 15.6 Å². The fourth-order valence-corrected chi connectivity index (χ4v) is 7.32. The molecule has 2 amide bonds. The summed E-state index contributed by atoms with van der Waals surface area (Å²) in [5.74, 6) is -0.952. The van der Waals surface area contributed by atoms with Crippen LogP contribution in [0.1, 0.15) is 44.6 Å². The third kappa shape index (κ3) is 8.11. The molecule has 4 rings (SSSR count). The molecule has 1 saturated carbocycles. The summed E-state index contributed by atoms with van der Waals surface area (Å²) < 4.78 is 28.7. The average Bonchev–Trinajstić information content (AvgIpc) is 2.95. The standard InChI is InChI=1S/C30H31Cl4N3O4S/c1-20(30(39)35-25-8-4-2-5-9-25)36(18-21-12-13-22(31)17-28(21)34)29(38)19-37(26-15-23(32)14-24(33)16-26)42(40,41)27-10-6-3-7-11-27/h3,6-7,10-17,20,25H,2,4-5,8-9,18-19H2,1H3,(H,35,39)/t20-/m1/s1. The predicted molar refractivity (Wildman–Crippen MR) is 169 cm³/mol. The maximum Gasteiger partial charge on any atom is 0.264 e. The second-order valence-electron chi connectivity index (χ2n) is 10.2. The van der Waals surface area contributed by atoms with Gasteiger partial charge in [-0.3, -0.25) is 13.9 Å². The Balaban J connectivity index is 1.71. The van der Waals surface area contributed by atoms with Crippen molar-refractivity contribution in [1.29, 1.82) is 0 Å². The van der Waals surface area contributed by atoms with Gasteiger partial charge in [0.25, 0.3) is 10.0 Å². The summed E-state index contributed by atoms with van der Waals surface area (Å²) in [5, 5.41) is 4.20. The van der Waals surface area contributed by atoms with Crippen LogP contribution in [-0.4, -0.2) is 43.8 Å². The van der Waals surface area contributed by atoms with E-state index in [4.69, 9.17) is 46.4 Å². The van der Waals surface area contributed by atoms with Crippen molar-refractivity contribution in [3.8, 4) is 0 Å². The molecule has 0 aliphatic heterocycles. The number of rotatable bonds is 10. The quantitative estimate of drug-likeness (QED) is 0.244. The molecule has 12 heteroatoms. The van der Waals surface area contributed by atoms with Gasteiger partial charge >= 0.3 is 0 Å². The average molecular weight is 671 g/mol. The Kier molecular flexibility index (Phi) is 11.1. The summed E-state index contributed by atoms with van der Waals surface area (Å²) in [5.41, 5.74) is 0.656. The van der Waals surface area contributed by atoms with E-state index in [1.807, 2.05) is 0 Å². The summed E-state index contributed by atoms with van der Waals surface area (Å²) in [6, 6.07) is 16.0. The van der Waals surface area contributed by atoms with Gasteiger partial charge in [-0.05, 0) is 67.8 Å². The van der Waals surface area contributed by atoms with Crippen LogP contribution < -0.4 is 9.62 Å². The molecule has 0 unspecified atom stereocenters. The minimum Gasteiger partial charge on any atom is -0.352 e. The van der Waals surface area contributed by atoms with Crippen LogP contribution in [0.5, 0.6) is 0 Å². The number of carbonyl (C=O) groups is 2. The van der Waals surface area contributed by atoms with E-state index in [2.05, 4.69) is 5.32 Å². The summed E-state index contributed by atoms with van der Waals surface area (Å²) in [7, 11) is -4.25. The Morgan fingerprint density at radius 2 is 1.52 bits per heavy atom. The minimum atomic E-state index is -4.25. The number of hydrogen-bond acceptors (Lipinski definition) is 4. The first-order valence-corrected chi connectivity index (χ1v) is 16.5. The Morgan fingerprint density at radius 3 is 2.14 bits per heavy atom. The lowest BCUT2D eigenvalue weighted by atomic mass is 9.95. The third-order valence-electron chi connectivity index (χ3n) is 7.22. The lowest BCUT2D eigenvalue weighted by Crippen LogP contribution is -2.53. The number of halogens is 4. The van der Waals surface area contributed by atoms with Gasteiger partial charge in [-0.25, -0.2) is 8.42 Å². The van der Waals surface area contributed by atoms with Gasteiger partial charge in [-0.1, -0.05) is 89.9 Å². The summed E-state index contributed by atoms with van der Waals surface area (Å²) in [6.07, 6.45) is 4.91. The predicted octanol–water partition coefficient (Wildman–Crippen LogP) is 7.36. The zero-order chi connectivity index (χ0) is 30.4. The van der Waals surface area contributed by atoms with Crippen LogP contribution in [0.15, 0.2) is 71.6 Å². The lowest BCUT2D eigenvalue weighted by molar-refractivity contribution is -0.139. The molecular formula is C30H31Cl4N3O4S. The van der Waals surface area contributed by atoms with E-state index in [9.17, 15) is 18.0 Å². The van der Waals surface area contributed by atoms with Crippen LogP contribution in [-0.2, 0) is 26.2 Å². The van der Waals surface area contributed by atoms with Crippen LogP contribution in [0.2, 0.25) is 20.1 Å². The number of carbonyl (C=O) groups excluding carboxylic acids is 2. The molecule has 1 aliphatic rings. The molecule has 0 bridgehead atoms. The zero-order valence-corrected chi connectivity index (χ0v) is 26.7. The van der Waals surface area contributed by atoms with Crippen LogP contribution in [0.4, 0.5) is 5.69 Å². The first-order valence-electron chi connectivity index (χ1n) is 13.5. The first kappa shape index (κ1) is 32.4. The maximum absolute atomic E-state index is 14.1. The van der Waals surface area contributed by atoms with E-state index in [0.717, 1.165) is 36.4 Å². The molecule has 3 aromatic rings. The van der Waals surface area contributed by atoms with Gasteiger partial charge in [-0.2, -0.15) is 0 Å². The van der Waals surface area contributed by atoms with Gasteiger partial charge in [0.15, 0.2) is 0 Å².